The van der Waals surface area contributed by atoms with Crippen molar-refractivity contribution in [3.8, 4) is 11.5 Å². The van der Waals surface area contributed by atoms with Gasteiger partial charge in [0.25, 0.3) is 5.91 Å². The molecule has 1 amide bonds. The highest BCUT2D eigenvalue weighted by Gasteiger charge is 2.51. The van der Waals surface area contributed by atoms with Crippen LogP contribution in [0.25, 0.3) is 0 Å². The van der Waals surface area contributed by atoms with Gasteiger partial charge in [0, 0.05) is 18.5 Å². The van der Waals surface area contributed by atoms with E-state index in [1.54, 1.807) is 17.0 Å². The van der Waals surface area contributed by atoms with Crippen LogP contribution in [0, 0.1) is 0 Å². The second-order valence-corrected chi connectivity index (χ2v) is 8.14. The molecule has 0 radical (unpaired) electrons. The minimum atomic E-state index is -4.74. The number of piperidine rings is 1. The number of hydrogen-bond donors (Lipinski definition) is 0. The second-order valence-electron chi connectivity index (χ2n) is 8.14. The van der Waals surface area contributed by atoms with Gasteiger partial charge in [-0.2, -0.15) is 0 Å². The highest BCUT2D eigenvalue weighted by molar-refractivity contribution is 5.95. The molecule has 33 heavy (non-hydrogen) atoms. The van der Waals surface area contributed by atoms with E-state index in [0.29, 0.717) is 30.8 Å². The molecule has 2 aromatic carbocycles. The number of benzene rings is 2. The lowest BCUT2D eigenvalue weighted by molar-refractivity contribution is -0.330. The largest absolute Gasteiger partial charge is 0.522 e. The van der Waals surface area contributed by atoms with Crippen LogP contribution in [-0.4, -0.2) is 62.5 Å². The van der Waals surface area contributed by atoms with Gasteiger partial charge < -0.3 is 23.8 Å². The van der Waals surface area contributed by atoms with Gasteiger partial charge in [0.15, 0.2) is 17.6 Å². The van der Waals surface area contributed by atoms with Gasteiger partial charge in [-0.25, -0.2) is 0 Å². The fourth-order valence-corrected chi connectivity index (χ4v) is 4.49. The summed E-state index contributed by atoms with van der Waals surface area (Å²) in [5.74, 6) is 0.379. The first-order chi connectivity index (χ1) is 15.8. The Labute approximate surface area is 187 Å². The Bertz CT molecular complexity index is 1020. The van der Waals surface area contributed by atoms with Crippen molar-refractivity contribution in [3.05, 3.63) is 59.7 Å². The van der Waals surface area contributed by atoms with Crippen molar-refractivity contribution < 1.29 is 41.7 Å². The van der Waals surface area contributed by atoms with Gasteiger partial charge in [0.2, 0.25) is 0 Å². The number of amides is 1. The zero-order valence-corrected chi connectivity index (χ0v) is 17.5. The first-order valence-electron chi connectivity index (χ1n) is 10.6. The van der Waals surface area contributed by atoms with Gasteiger partial charge in [-0.05, 0) is 23.8 Å². The Hall–Kier alpha value is -2.82. The van der Waals surface area contributed by atoms with E-state index in [-0.39, 0.29) is 31.2 Å². The molecule has 0 spiro atoms. The molecule has 0 aliphatic carbocycles. The molecule has 0 N–H and O–H groups in total. The molecular weight excluding hydrogens is 443 g/mol. The Balaban J connectivity index is 1.26. The highest BCUT2D eigenvalue weighted by atomic mass is 19.4. The van der Waals surface area contributed by atoms with E-state index < -0.39 is 24.7 Å². The number of likely N-dealkylation sites (tertiary alicyclic amines) is 1. The molecule has 0 aromatic heterocycles. The molecule has 3 heterocycles. The fraction of sp³-hybridized carbons (Fsp3) is 0.435. The first-order valence-corrected chi connectivity index (χ1v) is 10.6. The molecule has 176 valence electrons. The Morgan fingerprint density at radius 1 is 1.15 bits per heavy atom. The van der Waals surface area contributed by atoms with Gasteiger partial charge >= 0.3 is 6.36 Å². The van der Waals surface area contributed by atoms with Gasteiger partial charge in [0.05, 0.1) is 13.2 Å². The Morgan fingerprint density at radius 3 is 2.76 bits per heavy atom. The molecule has 2 saturated heterocycles. The van der Waals surface area contributed by atoms with Crippen molar-refractivity contribution >= 4 is 5.91 Å². The molecule has 7 nitrogen and oxygen atoms in total. The average molecular weight is 465 g/mol. The maximum Gasteiger partial charge on any atom is 0.522 e. The zero-order valence-electron chi connectivity index (χ0n) is 17.5. The molecule has 2 unspecified atom stereocenters. The number of rotatable bonds is 4. The molecule has 10 heteroatoms. The van der Waals surface area contributed by atoms with E-state index in [2.05, 4.69) is 4.74 Å². The third-order valence-corrected chi connectivity index (χ3v) is 6.14. The van der Waals surface area contributed by atoms with E-state index in [1.165, 1.54) is 6.07 Å². The van der Waals surface area contributed by atoms with Gasteiger partial charge in [0.1, 0.15) is 25.1 Å². The van der Waals surface area contributed by atoms with Crippen LogP contribution < -0.4 is 9.47 Å². The normalized spacial score (nSPS) is 26.7. The predicted molar refractivity (Wildman–Crippen MR) is 108 cm³/mol. The Kier molecular flexibility index (Phi) is 5.67. The van der Waals surface area contributed by atoms with E-state index in [4.69, 9.17) is 18.9 Å². The van der Waals surface area contributed by atoms with Crippen molar-refractivity contribution in [1.82, 2.24) is 4.90 Å². The van der Waals surface area contributed by atoms with Crippen molar-refractivity contribution in [3.63, 3.8) is 0 Å². The van der Waals surface area contributed by atoms with Crippen LogP contribution in [0.1, 0.15) is 22.3 Å². The van der Waals surface area contributed by atoms with Crippen LogP contribution in [0.3, 0.4) is 0 Å². The number of alkyl halides is 3. The summed E-state index contributed by atoms with van der Waals surface area (Å²) < 4.78 is 63.4. The SMILES string of the molecule is O=C(c1ccc2c(c1)OCC(COC(F)(F)F)O2)N1CC[C@]2(c3ccccc3)OCOC2C1. The predicted octanol–water partition coefficient (Wildman–Crippen LogP) is 3.48. The lowest BCUT2D eigenvalue weighted by Crippen LogP contribution is -2.53. The molecule has 5 rings (SSSR count). The smallest absolute Gasteiger partial charge is 0.486 e. The summed E-state index contributed by atoms with van der Waals surface area (Å²) in [4.78, 5) is 14.9. The van der Waals surface area contributed by atoms with Crippen LogP contribution >= 0.6 is 0 Å². The monoisotopic (exact) mass is 465 g/mol. The van der Waals surface area contributed by atoms with Gasteiger partial charge in [-0.3, -0.25) is 9.53 Å². The number of fused-ring (bicyclic) bond motifs is 2. The number of carbonyl (C=O) groups excluding carboxylic acids is 1. The van der Waals surface area contributed by atoms with Crippen LogP contribution in [0.2, 0.25) is 0 Å². The second kappa shape index (κ2) is 8.51. The third kappa shape index (κ3) is 4.38. The minimum absolute atomic E-state index is 0.114. The summed E-state index contributed by atoms with van der Waals surface area (Å²) in [5, 5.41) is 0. The lowest BCUT2D eigenvalue weighted by Gasteiger charge is -2.42. The van der Waals surface area contributed by atoms with Crippen molar-refractivity contribution in [1.29, 1.82) is 0 Å². The van der Waals surface area contributed by atoms with E-state index in [0.717, 1.165) is 5.56 Å². The van der Waals surface area contributed by atoms with Crippen molar-refractivity contribution in [2.45, 2.75) is 30.6 Å². The molecule has 2 aromatic rings. The van der Waals surface area contributed by atoms with Crippen LogP contribution in [0.15, 0.2) is 48.5 Å². The molecule has 0 bridgehead atoms. The summed E-state index contributed by atoms with van der Waals surface area (Å²) in [6.45, 7) is 0.240. The van der Waals surface area contributed by atoms with Crippen molar-refractivity contribution in [2.24, 2.45) is 0 Å². The number of nitrogens with zero attached hydrogens (tertiary/aromatic N) is 1. The summed E-state index contributed by atoms with van der Waals surface area (Å²) >= 11 is 0. The molecule has 0 saturated carbocycles. The lowest BCUT2D eigenvalue weighted by atomic mass is 9.82. The molecule has 3 atom stereocenters. The fourth-order valence-electron chi connectivity index (χ4n) is 4.49. The quantitative estimate of drug-likeness (QED) is 0.689. The van der Waals surface area contributed by atoms with Gasteiger partial charge in [-0.1, -0.05) is 30.3 Å². The zero-order chi connectivity index (χ0) is 23.1. The van der Waals surface area contributed by atoms with Crippen LogP contribution in [0.5, 0.6) is 11.5 Å². The number of ether oxygens (including phenoxy) is 5. The topological polar surface area (TPSA) is 66.5 Å². The standard InChI is InChI=1S/C23H22F3NO6/c24-23(25,26)31-13-17-12-29-19-10-15(6-7-18(19)33-17)21(28)27-9-8-22(16-4-2-1-3-5-16)20(11-27)30-14-32-22/h1-7,10,17,20H,8-9,11-14H2/t17?,20?,22-/m1/s1. The minimum Gasteiger partial charge on any atom is -0.486 e. The Morgan fingerprint density at radius 2 is 1.97 bits per heavy atom. The molecule has 3 aliphatic heterocycles. The number of halogens is 3. The third-order valence-electron chi connectivity index (χ3n) is 6.14. The van der Waals surface area contributed by atoms with Crippen LogP contribution in [-0.2, 0) is 19.8 Å². The maximum absolute atomic E-state index is 13.2. The van der Waals surface area contributed by atoms with E-state index >= 15 is 0 Å². The molecule has 2 fully saturated rings. The number of carbonyl (C=O) groups is 1. The summed E-state index contributed by atoms with van der Waals surface area (Å²) in [6.07, 6.45) is -5.32. The molecule has 3 aliphatic rings. The summed E-state index contributed by atoms with van der Waals surface area (Å²) in [6, 6.07) is 14.5. The highest BCUT2D eigenvalue weighted by Crippen LogP contribution is 2.43. The van der Waals surface area contributed by atoms with E-state index in [1.807, 2.05) is 30.3 Å². The maximum atomic E-state index is 13.2. The van der Waals surface area contributed by atoms with Crippen LogP contribution in [0.4, 0.5) is 13.2 Å². The van der Waals surface area contributed by atoms with Crippen molar-refractivity contribution in [2.75, 3.05) is 33.1 Å². The summed E-state index contributed by atoms with van der Waals surface area (Å²) in [7, 11) is 0. The number of hydrogen-bond acceptors (Lipinski definition) is 6. The molecular formula is C23H22F3NO6. The van der Waals surface area contributed by atoms with E-state index in [9.17, 15) is 18.0 Å². The average Bonchev–Trinajstić information content (AvgIpc) is 3.26. The first kappa shape index (κ1) is 22.0. The van der Waals surface area contributed by atoms with Gasteiger partial charge in [-0.15, -0.1) is 13.2 Å². The summed E-state index contributed by atoms with van der Waals surface area (Å²) in [5.41, 5.74) is 0.856.